The second-order valence-corrected chi connectivity index (χ2v) is 6.97. The van der Waals surface area contributed by atoms with Crippen molar-refractivity contribution in [2.75, 3.05) is 20.8 Å². The fraction of sp³-hybridized carbons (Fsp3) is 0.304. The monoisotopic (exact) mass is 413 g/mol. The zero-order valence-electron chi connectivity index (χ0n) is 17.1. The van der Waals surface area contributed by atoms with Crippen LogP contribution in [0.15, 0.2) is 48.0 Å². The number of ketones is 1. The summed E-state index contributed by atoms with van der Waals surface area (Å²) in [7, 11) is 2.90. The van der Waals surface area contributed by atoms with E-state index in [1.165, 1.54) is 31.3 Å². The van der Waals surface area contributed by atoms with Crippen LogP contribution in [0.1, 0.15) is 36.9 Å². The maximum absolute atomic E-state index is 13.9. The van der Waals surface area contributed by atoms with Gasteiger partial charge >= 0.3 is 0 Å². The van der Waals surface area contributed by atoms with Crippen LogP contribution in [0.2, 0.25) is 0 Å². The lowest BCUT2D eigenvalue weighted by Crippen LogP contribution is -2.30. The molecule has 1 aliphatic heterocycles. The van der Waals surface area contributed by atoms with Crippen LogP contribution in [0.5, 0.6) is 11.5 Å². The Hall–Kier alpha value is -3.35. The molecule has 6 nitrogen and oxygen atoms in total. The van der Waals surface area contributed by atoms with Gasteiger partial charge in [-0.15, -0.1) is 0 Å². The minimum Gasteiger partial charge on any atom is -0.507 e. The van der Waals surface area contributed by atoms with Gasteiger partial charge in [-0.25, -0.2) is 4.39 Å². The molecule has 1 atom stereocenters. The number of benzene rings is 2. The summed E-state index contributed by atoms with van der Waals surface area (Å²) < 4.78 is 24.4. The molecule has 2 aromatic carbocycles. The predicted molar refractivity (Wildman–Crippen MR) is 110 cm³/mol. The predicted octanol–water partition coefficient (Wildman–Crippen LogP) is 4.06. The third kappa shape index (κ3) is 3.87. The van der Waals surface area contributed by atoms with Crippen molar-refractivity contribution in [2.45, 2.75) is 25.8 Å². The maximum atomic E-state index is 13.9. The van der Waals surface area contributed by atoms with E-state index in [1.807, 2.05) is 6.92 Å². The summed E-state index contributed by atoms with van der Waals surface area (Å²) in [5, 5.41) is 11.0. The van der Waals surface area contributed by atoms with Crippen molar-refractivity contribution in [3.8, 4) is 11.5 Å². The molecule has 0 aromatic heterocycles. The zero-order valence-corrected chi connectivity index (χ0v) is 17.1. The van der Waals surface area contributed by atoms with Crippen LogP contribution in [0.25, 0.3) is 5.76 Å². The summed E-state index contributed by atoms with van der Waals surface area (Å²) in [6.45, 7) is 2.33. The van der Waals surface area contributed by atoms with E-state index in [2.05, 4.69) is 0 Å². The number of carbonyl (C=O) groups is 2. The lowest BCUT2D eigenvalue weighted by Gasteiger charge is -2.25. The van der Waals surface area contributed by atoms with Gasteiger partial charge in [0, 0.05) is 6.54 Å². The molecule has 1 aliphatic rings. The topological polar surface area (TPSA) is 76.1 Å². The van der Waals surface area contributed by atoms with Gasteiger partial charge in [-0.05, 0) is 42.3 Å². The number of likely N-dealkylation sites (tertiary alicyclic amines) is 1. The lowest BCUT2D eigenvalue weighted by molar-refractivity contribution is -0.139. The van der Waals surface area contributed by atoms with Gasteiger partial charge in [-0.1, -0.05) is 25.5 Å². The van der Waals surface area contributed by atoms with Gasteiger partial charge in [0.15, 0.2) is 0 Å². The number of halogens is 1. The van der Waals surface area contributed by atoms with Crippen LogP contribution >= 0.6 is 0 Å². The molecule has 0 bridgehead atoms. The van der Waals surface area contributed by atoms with E-state index in [4.69, 9.17) is 9.47 Å². The minimum atomic E-state index is -0.820. The van der Waals surface area contributed by atoms with Crippen LogP contribution in [-0.4, -0.2) is 42.5 Å². The standard InChI is InChI=1S/C23H24FNO5/c1-4-5-11-25-20(14-7-6-8-16(12-14)29-2)19(22(27)23(25)28)21(26)17-13-15(24)9-10-18(17)30-3/h6-10,12-13,20,26H,4-5,11H2,1-3H3/b21-19+. The number of rotatable bonds is 7. The number of hydrogen-bond donors (Lipinski definition) is 1. The molecular weight excluding hydrogens is 389 g/mol. The molecule has 1 fully saturated rings. The molecule has 0 saturated carbocycles. The van der Waals surface area contributed by atoms with E-state index in [0.29, 0.717) is 24.3 Å². The molecule has 1 unspecified atom stereocenters. The van der Waals surface area contributed by atoms with E-state index in [9.17, 15) is 19.1 Å². The Morgan fingerprint density at radius 2 is 1.90 bits per heavy atom. The smallest absolute Gasteiger partial charge is 0.295 e. The van der Waals surface area contributed by atoms with Crippen molar-refractivity contribution in [1.29, 1.82) is 0 Å². The number of hydrogen-bond acceptors (Lipinski definition) is 5. The highest BCUT2D eigenvalue weighted by Crippen LogP contribution is 2.41. The molecule has 30 heavy (non-hydrogen) atoms. The molecule has 7 heteroatoms. The Bertz CT molecular complexity index is 1000. The van der Waals surface area contributed by atoms with Crippen molar-refractivity contribution in [3.05, 3.63) is 65.0 Å². The second-order valence-electron chi connectivity index (χ2n) is 6.97. The summed E-state index contributed by atoms with van der Waals surface area (Å²) in [6.07, 6.45) is 1.52. The molecule has 1 amide bonds. The number of nitrogens with zero attached hydrogens (tertiary/aromatic N) is 1. The zero-order chi connectivity index (χ0) is 21.8. The van der Waals surface area contributed by atoms with E-state index in [1.54, 1.807) is 24.3 Å². The number of Topliss-reactive ketones (excluding diaryl/α,β-unsaturated/α-hetero) is 1. The molecule has 0 radical (unpaired) electrons. The average Bonchev–Trinajstić information content (AvgIpc) is 3.01. The third-order valence-corrected chi connectivity index (χ3v) is 5.12. The van der Waals surface area contributed by atoms with Crippen molar-refractivity contribution in [3.63, 3.8) is 0 Å². The van der Waals surface area contributed by atoms with Gasteiger partial charge in [0.05, 0.1) is 31.4 Å². The number of aliphatic hydroxyl groups excluding tert-OH is 1. The molecule has 0 aliphatic carbocycles. The van der Waals surface area contributed by atoms with E-state index in [0.717, 1.165) is 12.5 Å². The Labute approximate surface area is 174 Å². The molecule has 1 N–H and O–H groups in total. The van der Waals surface area contributed by atoms with Gasteiger partial charge in [0.25, 0.3) is 11.7 Å². The minimum absolute atomic E-state index is 0.0129. The van der Waals surface area contributed by atoms with Crippen molar-refractivity contribution in [2.24, 2.45) is 0 Å². The average molecular weight is 413 g/mol. The number of amides is 1. The van der Waals surface area contributed by atoms with Gasteiger partial charge in [-0.3, -0.25) is 9.59 Å². The third-order valence-electron chi connectivity index (χ3n) is 5.12. The Balaban J connectivity index is 2.23. The summed E-state index contributed by atoms with van der Waals surface area (Å²) in [6, 6.07) is 9.77. The van der Waals surface area contributed by atoms with Gasteiger partial charge < -0.3 is 19.5 Å². The first-order valence-corrected chi connectivity index (χ1v) is 9.69. The molecule has 158 valence electrons. The van der Waals surface area contributed by atoms with E-state index >= 15 is 0 Å². The second kappa shape index (κ2) is 8.98. The van der Waals surface area contributed by atoms with Crippen LogP contribution < -0.4 is 9.47 Å². The molecule has 1 saturated heterocycles. The van der Waals surface area contributed by atoms with E-state index in [-0.39, 0.29) is 16.9 Å². The Morgan fingerprint density at radius 1 is 1.13 bits per heavy atom. The highest BCUT2D eigenvalue weighted by atomic mass is 19.1. The number of ether oxygens (including phenoxy) is 2. The van der Waals surface area contributed by atoms with E-state index < -0.39 is 29.3 Å². The van der Waals surface area contributed by atoms with Crippen LogP contribution in [-0.2, 0) is 9.59 Å². The van der Waals surface area contributed by atoms with Crippen LogP contribution in [0.3, 0.4) is 0 Å². The normalized spacial score (nSPS) is 18.0. The number of carbonyl (C=O) groups excluding carboxylic acids is 2. The highest BCUT2D eigenvalue weighted by Gasteiger charge is 2.46. The number of methoxy groups -OCH3 is 2. The summed E-state index contributed by atoms with van der Waals surface area (Å²) in [5.74, 6) is -1.85. The Kier molecular flexibility index (Phi) is 6.40. The van der Waals surface area contributed by atoms with Gasteiger partial charge in [0.2, 0.25) is 0 Å². The van der Waals surface area contributed by atoms with Crippen LogP contribution in [0, 0.1) is 5.82 Å². The van der Waals surface area contributed by atoms with Crippen molar-refractivity contribution < 1.29 is 28.6 Å². The SMILES string of the molecule is CCCCN1C(=O)C(=O)/C(=C(/O)c2cc(F)ccc2OC)C1c1cccc(OC)c1. The lowest BCUT2D eigenvalue weighted by atomic mass is 9.94. The summed E-state index contributed by atoms with van der Waals surface area (Å²) in [4.78, 5) is 27.2. The van der Waals surface area contributed by atoms with Crippen molar-refractivity contribution in [1.82, 2.24) is 4.90 Å². The van der Waals surface area contributed by atoms with Crippen LogP contribution in [0.4, 0.5) is 4.39 Å². The number of unbranched alkanes of at least 4 members (excludes halogenated alkanes) is 1. The number of aliphatic hydroxyl groups is 1. The first-order chi connectivity index (χ1) is 14.4. The fourth-order valence-corrected chi connectivity index (χ4v) is 3.61. The Morgan fingerprint density at radius 3 is 2.57 bits per heavy atom. The van der Waals surface area contributed by atoms with Crippen molar-refractivity contribution >= 4 is 17.4 Å². The maximum Gasteiger partial charge on any atom is 0.295 e. The first kappa shape index (κ1) is 21.4. The molecule has 0 spiro atoms. The molecule has 1 heterocycles. The summed E-state index contributed by atoms with van der Waals surface area (Å²) in [5.41, 5.74) is 0.522. The molecule has 3 rings (SSSR count). The first-order valence-electron chi connectivity index (χ1n) is 9.69. The van der Waals surface area contributed by atoms with Gasteiger partial charge in [0.1, 0.15) is 23.1 Å². The highest BCUT2D eigenvalue weighted by molar-refractivity contribution is 6.46. The molecule has 2 aromatic rings. The quantitative estimate of drug-likeness (QED) is 0.421. The van der Waals surface area contributed by atoms with Gasteiger partial charge in [-0.2, -0.15) is 0 Å². The largest absolute Gasteiger partial charge is 0.507 e. The molecular formula is C23H24FNO5. The fourth-order valence-electron chi connectivity index (χ4n) is 3.61. The summed E-state index contributed by atoms with van der Waals surface area (Å²) >= 11 is 0.